The van der Waals surface area contributed by atoms with Gasteiger partial charge in [0.1, 0.15) is 27.4 Å². The van der Waals surface area contributed by atoms with Crippen LogP contribution in [0.1, 0.15) is 11.1 Å². The first-order chi connectivity index (χ1) is 20.1. The van der Waals surface area contributed by atoms with Crippen LogP contribution in [0.3, 0.4) is 0 Å². The molecular formula is C29H27Cl2N7O4. The highest BCUT2D eigenvalue weighted by atomic mass is 35.5. The molecule has 0 bridgehead atoms. The van der Waals surface area contributed by atoms with Gasteiger partial charge in [-0.2, -0.15) is 10.1 Å². The normalized spacial score (nSPS) is 12.7. The summed E-state index contributed by atoms with van der Waals surface area (Å²) < 4.78 is 12.5. The van der Waals surface area contributed by atoms with E-state index in [9.17, 15) is 9.59 Å². The number of nitrogens with one attached hydrogen (secondary N) is 1. The lowest BCUT2D eigenvalue weighted by molar-refractivity contribution is -0.114. The molecular weight excluding hydrogens is 581 g/mol. The lowest BCUT2D eigenvalue weighted by atomic mass is 10.0. The van der Waals surface area contributed by atoms with Crippen molar-refractivity contribution in [2.75, 3.05) is 36.4 Å². The number of methoxy groups -OCH3 is 2. The molecule has 2 aromatic heterocycles. The monoisotopic (exact) mass is 607 g/mol. The predicted octanol–water partition coefficient (Wildman–Crippen LogP) is 5.82. The number of benzene rings is 2. The largest absolute Gasteiger partial charge is 0.495 e. The van der Waals surface area contributed by atoms with Crippen molar-refractivity contribution in [1.82, 2.24) is 19.7 Å². The molecule has 11 nitrogen and oxygen atoms in total. The van der Waals surface area contributed by atoms with Crippen molar-refractivity contribution in [3.8, 4) is 22.6 Å². The Labute approximate surface area is 252 Å². The lowest BCUT2D eigenvalue weighted by Crippen LogP contribution is -2.46. The molecule has 0 radical (unpaired) electrons. The van der Waals surface area contributed by atoms with Gasteiger partial charge in [-0.3, -0.25) is 19.3 Å². The van der Waals surface area contributed by atoms with Crippen LogP contribution in [-0.2, 0) is 24.8 Å². The van der Waals surface area contributed by atoms with Gasteiger partial charge in [-0.25, -0.2) is 9.78 Å². The summed E-state index contributed by atoms with van der Waals surface area (Å²) in [7, 11) is 6.36. The zero-order valence-electron chi connectivity index (χ0n) is 23.3. The van der Waals surface area contributed by atoms with E-state index < -0.39 is 6.03 Å². The van der Waals surface area contributed by atoms with E-state index in [-0.39, 0.29) is 40.4 Å². The number of ether oxygens (including phenoxy) is 2. The summed E-state index contributed by atoms with van der Waals surface area (Å²) in [6.45, 7) is 3.68. The maximum atomic E-state index is 13.6. The van der Waals surface area contributed by atoms with Crippen LogP contribution in [-0.4, -0.2) is 52.8 Å². The average molecular weight is 608 g/mol. The molecule has 1 aliphatic heterocycles. The molecule has 0 spiro atoms. The smallest absolute Gasteiger partial charge is 0.330 e. The zero-order valence-corrected chi connectivity index (χ0v) is 24.8. The van der Waals surface area contributed by atoms with Crippen molar-refractivity contribution in [3.63, 3.8) is 0 Å². The summed E-state index contributed by atoms with van der Waals surface area (Å²) in [5, 5.41) is 7.82. The fraction of sp³-hybridized carbons (Fsp3) is 0.207. The van der Waals surface area contributed by atoms with Crippen LogP contribution in [0.4, 0.5) is 27.9 Å². The number of hydrogen-bond acceptors (Lipinski definition) is 8. The Balaban J connectivity index is 1.50. The SMILES string of the molecule is C=CC(=O)Cc1ccc(-c2cnn(C)c2)cc1Nc1ncc2c(n1)N(C)C(=O)N(c1c(Cl)c(OC)cc(OC)c1Cl)C2. The number of nitrogens with zero attached hydrogens (tertiary/aromatic N) is 6. The topological polar surface area (TPSA) is 115 Å². The van der Waals surface area contributed by atoms with Gasteiger partial charge in [-0.1, -0.05) is 41.9 Å². The average Bonchev–Trinajstić information content (AvgIpc) is 3.43. The van der Waals surface area contributed by atoms with Crippen LogP contribution in [0.25, 0.3) is 11.1 Å². The molecule has 3 heterocycles. The van der Waals surface area contributed by atoms with Crippen LogP contribution in [0, 0.1) is 0 Å². The minimum absolute atomic E-state index is 0.101. The number of urea groups is 1. The molecule has 0 atom stereocenters. The van der Waals surface area contributed by atoms with Crippen LogP contribution in [0.15, 0.2) is 55.5 Å². The number of ketones is 1. The minimum Gasteiger partial charge on any atom is -0.495 e. The van der Waals surface area contributed by atoms with E-state index in [1.807, 2.05) is 31.4 Å². The van der Waals surface area contributed by atoms with E-state index in [1.54, 1.807) is 30.2 Å². The third-order valence-electron chi connectivity index (χ3n) is 6.81. The van der Waals surface area contributed by atoms with Crippen molar-refractivity contribution in [2.24, 2.45) is 7.05 Å². The number of carbonyl (C=O) groups is 2. The van der Waals surface area contributed by atoms with Gasteiger partial charge in [0.15, 0.2) is 5.78 Å². The van der Waals surface area contributed by atoms with E-state index in [0.717, 1.165) is 16.7 Å². The Morgan fingerprint density at radius 2 is 1.81 bits per heavy atom. The summed E-state index contributed by atoms with van der Waals surface area (Å²) in [5.74, 6) is 1.14. The molecule has 42 heavy (non-hydrogen) atoms. The quantitative estimate of drug-likeness (QED) is 0.237. The molecule has 13 heteroatoms. The Morgan fingerprint density at radius 1 is 1.10 bits per heavy atom. The van der Waals surface area contributed by atoms with Crippen molar-refractivity contribution < 1.29 is 19.1 Å². The van der Waals surface area contributed by atoms with Gasteiger partial charge in [0.25, 0.3) is 0 Å². The number of aryl methyl sites for hydroxylation is 1. The lowest BCUT2D eigenvalue weighted by Gasteiger charge is -2.35. The molecule has 0 saturated heterocycles. The minimum atomic E-state index is -0.415. The maximum Gasteiger partial charge on any atom is 0.330 e. The number of aromatic nitrogens is 4. The first-order valence-electron chi connectivity index (χ1n) is 12.7. The van der Waals surface area contributed by atoms with Gasteiger partial charge in [0.05, 0.1) is 32.6 Å². The van der Waals surface area contributed by atoms with Gasteiger partial charge in [0.2, 0.25) is 5.95 Å². The highest BCUT2D eigenvalue weighted by Crippen LogP contribution is 2.47. The molecule has 1 aliphatic rings. The number of rotatable bonds is 9. The first kappa shape index (κ1) is 28.9. The number of carbonyl (C=O) groups excluding carboxylic acids is 2. The highest BCUT2D eigenvalue weighted by molar-refractivity contribution is 6.42. The molecule has 5 rings (SSSR count). The second kappa shape index (κ2) is 11.7. The van der Waals surface area contributed by atoms with Gasteiger partial charge >= 0.3 is 6.03 Å². The molecule has 216 valence electrons. The standard InChI is InChI=1S/C29H27Cl2N7O4/c1-6-20(39)9-17-8-7-16(18-13-33-36(2)14-18)10-21(17)34-28-32-12-19-15-38(29(40)37(3)27(19)35-28)26-24(30)22(41-4)11-23(42-5)25(26)31/h6-8,10-14H,1,9,15H2,2-5H3,(H,32,34,35). The summed E-state index contributed by atoms with van der Waals surface area (Å²) in [6.07, 6.45) is 6.71. The molecule has 1 N–H and O–H groups in total. The summed E-state index contributed by atoms with van der Waals surface area (Å²) >= 11 is 13.2. The molecule has 4 aromatic rings. The number of amides is 2. The molecule has 0 unspecified atom stereocenters. The van der Waals surface area contributed by atoms with E-state index in [2.05, 4.69) is 27.0 Å². The molecule has 0 aliphatic carbocycles. The van der Waals surface area contributed by atoms with Crippen LogP contribution in [0.2, 0.25) is 10.0 Å². The number of hydrogen-bond donors (Lipinski definition) is 1. The van der Waals surface area contributed by atoms with Gasteiger partial charge in [0, 0.05) is 55.8 Å². The predicted molar refractivity (Wildman–Crippen MR) is 162 cm³/mol. The second-order valence-electron chi connectivity index (χ2n) is 9.47. The Morgan fingerprint density at radius 3 is 2.43 bits per heavy atom. The number of allylic oxidation sites excluding steroid dienone is 1. The zero-order chi connectivity index (χ0) is 30.1. The second-order valence-corrected chi connectivity index (χ2v) is 10.2. The van der Waals surface area contributed by atoms with Crippen LogP contribution in [0.5, 0.6) is 11.5 Å². The summed E-state index contributed by atoms with van der Waals surface area (Å²) in [5.41, 5.74) is 4.08. The third-order valence-corrected chi connectivity index (χ3v) is 7.54. The molecule has 2 amide bonds. The first-order valence-corrected chi connectivity index (χ1v) is 13.5. The molecule has 2 aromatic carbocycles. The van der Waals surface area contributed by atoms with Gasteiger partial charge in [-0.05, 0) is 23.3 Å². The molecule has 0 fully saturated rings. The van der Waals surface area contributed by atoms with E-state index in [1.165, 1.54) is 30.1 Å². The van der Waals surface area contributed by atoms with Crippen LogP contribution < -0.4 is 24.6 Å². The number of halogens is 2. The third kappa shape index (κ3) is 5.36. The fourth-order valence-electron chi connectivity index (χ4n) is 4.63. The maximum absolute atomic E-state index is 13.6. The van der Waals surface area contributed by atoms with E-state index >= 15 is 0 Å². The van der Waals surface area contributed by atoms with Gasteiger partial charge in [-0.15, -0.1) is 0 Å². The van der Waals surface area contributed by atoms with Gasteiger partial charge < -0.3 is 14.8 Å². The van der Waals surface area contributed by atoms with E-state index in [0.29, 0.717) is 28.6 Å². The fourth-order valence-corrected chi connectivity index (χ4v) is 5.34. The Bertz CT molecular complexity index is 1690. The molecule has 0 saturated carbocycles. The number of fused-ring (bicyclic) bond motifs is 1. The van der Waals surface area contributed by atoms with Crippen molar-refractivity contribution in [1.29, 1.82) is 0 Å². The van der Waals surface area contributed by atoms with Crippen LogP contribution >= 0.6 is 23.2 Å². The Kier molecular flexibility index (Phi) is 8.06. The summed E-state index contributed by atoms with van der Waals surface area (Å²) in [4.78, 5) is 37.8. The Hall–Kier alpha value is -4.61. The summed E-state index contributed by atoms with van der Waals surface area (Å²) in [6, 6.07) is 6.84. The van der Waals surface area contributed by atoms with Crippen molar-refractivity contribution in [3.05, 3.63) is 76.7 Å². The van der Waals surface area contributed by atoms with Crippen molar-refractivity contribution in [2.45, 2.75) is 13.0 Å². The van der Waals surface area contributed by atoms with E-state index in [4.69, 9.17) is 32.7 Å². The highest BCUT2D eigenvalue weighted by Gasteiger charge is 2.35. The van der Waals surface area contributed by atoms with Crippen molar-refractivity contribution >= 4 is 58.2 Å². The number of anilines is 4.